The molecule has 120 valence electrons. The summed E-state index contributed by atoms with van der Waals surface area (Å²) >= 11 is 0. The third-order valence-corrected chi connectivity index (χ3v) is 4.40. The fraction of sp³-hybridized carbons (Fsp3) is 0.867. The second-order valence-electron chi connectivity index (χ2n) is 6.22. The molecule has 3 atom stereocenters. The molecule has 0 aromatic heterocycles. The molecule has 2 rings (SSSR count). The highest BCUT2D eigenvalue weighted by Crippen LogP contribution is 2.15. The van der Waals surface area contributed by atoms with Crippen molar-refractivity contribution in [2.45, 2.75) is 45.9 Å². The Bertz CT molecular complexity index is 384. The first-order valence-electron chi connectivity index (χ1n) is 7.82. The van der Waals surface area contributed by atoms with Crippen molar-refractivity contribution in [1.82, 2.24) is 14.7 Å². The molecule has 0 spiro atoms. The molecule has 21 heavy (non-hydrogen) atoms. The summed E-state index contributed by atoms with van der Waals surface area (Å²) in [7, 11) is 0. The van der Waals surface area contributed by atoms with Crippen molar-refractivity contribution in [2.24, 2.45) is 0 Å². The molecule has 3 unspecified atom stereocenters. The van der Waals surface area contributed by atoms with Crippen LogP contribution in [-0.4, -0.2) is 84.0 Å². The molecule has 2 fully saturated rings. The predicted molar refractivity (Wildman–Crippen MR) is 79.9 cm³/mol. The van der Waals surface area contributed by atoms with E-state index >= 15 is 0 Å². The van der Waals surface area contributed by atoms with E-state index in [1.54, 1.807) is 6.92 Å². The SMILES string of the molecule is CC(=O)N1CCN(C(C)C(=O)N2CC(C)OC(C)C2)CC1. The first-order valence-corrected chi connectivity index (χ1v) is 7.82. The normalized spacial score (nSPS) is 29.3. The number of rotatable bonds is 2. The summed E-state index contributed by atoms with van der Waals surface area (Å²) in [6.07, 6.45) is 0.193. The van der Waals surface area contributed by atoms with Gasteiger partial charge in [-0.25, -0.2) is 0 Å². The smallest absolute Gasteiger partial charge is 0.239 e. The molecule has 0 N–H and O–H groups in total. The zero-order chi connectivity index (χ0) is 15.6. The van der Waals surface area contributed by atoms with Crippen molar-refractivity contribution in [3.63, 3.8) is 0 Å². The Labute approximate surface area is 127 Å². The van der Waals surface area contributed by atoms with Gasteiger partial charge in [-0.2, -0.15) is 0 Å². The molecule has 2 aliphatic heterocycles. The number of carbonyl (C=O) groups is 2. The van der Waals surface area contributed by atoms with Gasteiger partial charge in [-0.15, -0.1) is 0 Å². The first kappa shape index (κ1) is 16.2. The lowest BCUT2D eigenvalue weighted by molar-refractivity contribution is -0.149. The molecule has 2 heterocycles. The fourth-order valence-electron chi connectivity index (χ4n) is 3.20. The Balaban J connectivity index is 1.89. The van der Waals surface area contributed by atoms with E-state index in [1.807, 2.05) is 30.6 Å². The number of hydrogen-bond acceptors (Lipinski definition) is 4. The van der Waals surface area contributed by atoms with Crippen molar-refractivity contribution >= 4 is 11.8 Å². The lowest BCUT2D eigenvalue weighted by Crippen LogP contribution is -2.58. The van der Waals surface area contributed by atoms with Gasteiger partial charge in [-0.3, -0.25) is 14.5 Å². The predicted octanol–water partition coefficient (Wildman–Crippen LogP) is 0.175. The number of nitrogens with zero attached hydrogens (tertiary/aromatic N) is 3. The molecule has 0 radical (unpaired) electrons. The summed E-state index contributed by atoms with van der Waals surface area (Å²) in [5.74, 6) is 0.290. The summed E-state index contributed by atoms with van der Waals surface area (Å²) < 4.78 is 5.68. The van der Waals surface area contributed by atoms with Gasteiger partial charge in [0.2, 0.25) is 11.8 Å². The van der Waals surface area contributed by atoms with Crippen LogP contribution in [0.4, 0.5) is 0 Å². The highest BCUT2D eigenvalue weighted by molar-refractivity contribution is 5.81. The first-order chi connectivity index (χ1) is 9.88. The van der Waals surface area contributed by atoms with E-state index in [0.717, 1.165) is 13.1 Å². The summed E-state index contributed by atoms with van der Waals surface area (Å²) in [4.78, 5) is 29.9. The largest absolute Gasteiger partial charge is 0.372 e. The van der Waals surface area contributed by atoms with Crippen LogP contribution in [0.2, 0.25) is 0 Å². The average Bonchev–Trinajstić information content (AvgIpc) is 2.44. The van der Waals surface area contributed by atoms with Gasteiger partial charge in [0.05, 0.1) is 18.2 Å². The van der Waals surface area contributed by atoms with Crippen LogP contribution < -0.4 is 0 Å². The van der Waals surface area contributed by atoms with E-state index in [1.165, 1.54) is 0 Å². The van der Waals surface area contributed by atoms with Gasteiger partial charge in [-0.1, -0.05) is 0 Å². The quantitative estimate of drug-likeness (QED) is 0.729. The minimum absolute atomic E-state index is 0.0967. The van der Waals surface area contributed by atoms with Gasteiger partial charge in [0, 0.05) is 46.2 Å². The van der Waals surface area contributed by atoms with Crippen LogP contribution in [0.25, 0.3) is 0 Å². The van der Waals surface area contributed by atoms with E-state index in [9.17, 15) is 9.59 Å². The van der Waals surface area contributed by atoms with Crippen LogP contribution in [0.5, 0.6) is 0 Å². The molecular formula is C15H27N3O3. The van der Waals surface area contributed by atoms with Crippen molar-refractivity contribution in [3.8, 4) is 0 Å². The maximum Gasteiger partial charge on any atom is 0.239 e. The second-order valence-corrected chi connectivity index (χ2v) is 6.22. The Morgan fingerprint density at radius 1 is 1.00 bits per heavy atom. The highest BCUT2D eigenvalue weighted by atomic mass is 16.5. The number of carbonyl (C=O) groups excluding carboxylic acids is 2. The van der Waals surface area contributed by atoms with Gasteiger partial charge in [-0.05, 0) is 20.8 Å². The van der Waals surface area contributed by atoms with E-state index in [0.29, 0.717) is 26.2 Å². The molecule has 0 aliphatic carbocycles. The van der Waals surface area contributed by atoms with Crippen molar-refractivity contribution in [1.29, 1.82) is 0 Å². The zero-order valence-corrected chi connectivity index (χ0v) is 13.5. The lowest BCUT2D eigenvalue weighted by atomic mass is 10.1. The van der Waals surface area contributed by atoms with Crippen LogP contribution in [0.15, 0.2) is 0 Å². The summed E-state index contributed by atoms with van der Waals surface area (Å²) in [5.41, 5.74) is 0. The summed E-state index contributed by atoms with van der Waals surface area (Å²) in [6.45, 7) is 11.9. The molecule has 6 heteroatoms. The average molecular weight is 297 g/mol. The lowest BCUT2D eigenvalue weighted by Gasteiger charge is -2.41. The second kappa shape index (κ2) is 6.75. The van der Waals surface area contributed by atoms with Crippen molar-refractivity contribution in [2.75, 3.05) is 39.3 Å². The van der Waals surface area contributed by atoms with Gasteiger partial charge in [0.15, 0.2) is 0 Å². The summed E-state index contributed by atoms with van der Waals surface area (Å²) in [5, 5.41) is 0. The van der Waals surface area contributed by atoms with Crippen molar-refractivity contribution in [3.05, 3.63) is 0 Å². The molecule has 0 aromatic rings. The fourth-order valence-corrected chi connectivity index (χ4v) is 3.20. The maximum atomic E-state index is 12.7. The number of hydrogen-bond donors (Lipinski definition) is 0. The Kier molecular flexibility index (Phi) is 5.22. The van der Waals surface area contributed by atoms with E-state index < -0.39 is 0 Å². The van der Waals surface area contributed by atoms with Gasteiger partial charge < -0.3 is 14.5 Å². The number of piperazine rings is 1. The standard InChI is InChI=1S/C15H27N3O3/c1-11-9-18(10-12(2)21-11)15(20)13(3)16-5-7-17(8-6-16)14(4)19/h11-13H,5-10H2,1-4H3. The Hall–Kier alpha value is -1.14. The molecule has 0 bridgehead atoms. The topological polar surface area (TPSA) is 53.1 Å². The van der Waals surface area contributed by atoms with Crippen LogP contribution in [0.1, 0.15) is 27.7 Å². The van der Waals surface area contributed by atoms with Crippen LogP contribution in [0.3, 0.4) is 0 Å². The molecule has 2 aliphatic rings. The van der Waals surface area contributed by atoms with Crippen LogP contribution >= 0.6 is 0 Å². The van der Waals surface area contributed by atoms with Crippen molar-refractivity contribution < 1.29 is 14.3 Å². The number of ether oxygens (including phenoxy) is 1. The minimum atomic E-state index is -0.128. The molecule has 0 aromatic carbocycles. The third kappa shape index (κ3) is 3.95. The monoisotopic (exact) mass is 297 g/mol. The van der Waals surface area contributed by atoms with E-state index in [4.69, 9.17) is 4.74 Å². The summed E-state index contributed by atoms with van der Waals surface area (Å²) in [6, 6.07) is -0.128. The minimum Gasteiger partial charge on any atom is -0.372 e. The van der Waals surface area contributed by atoms with Gasteiger partial charge >= 0.3 is 0 Å². The zero-order valence-electron chi connectivity index (χ0n) is 13.5. The van der Waals surface area contributed by atoms with Crippen LogP contribution in [-0.2, 0) is 14.3 Å². The third-order valence-electron chi connectivity index (χ3n) is 4.40. The molecular weight excluding hydrogens is 270 g/mol. The maximum absolute atomic E-state index is 12.7. The Morgan fingerprint density at radius 2 is 1.52 bits per heavy atom. The number of morpholine rings is 1. The Morgan fingerprint density at radius 3 is 2.00 bits per heavy atom. The van der Waals surface area contributed by atoms with Crippen LogP contribution in [0, 0.1) is 0 Å². The highest BCUT2D eigenvalue weighted by Gasteiger charge is 2.32. The van der Waals surface area contributed by atoms with Gasteiger partial charge in [0.1, 0.15) is 0 Å². The van der Waals surface area contributed by atoms with Gasteiger partial charge in [0.25, 0.3) is 0 Å². The van der Waals surface area contributed by atoms with E-state index in [2.05, 4.69) is 4.90 Å². The van der Waals surface area contributed by atoms with E-state index in [-0.39, 0.29) is 30.1 Å². The molecule has 0 saturated carbocycles. The number of amides is 2. The molecule has 6 nitrogen and oxygen atoms in total. The molecule has 2 saturated heterocycles. The molecule has 2 amide bonds.